The van der Waals surface area contributed by atoms with E-state index in [1.54, 1.807) is 0 Å². The summed E-state index contributed by atoms with van der Waals surface area (Å²) in [6, 6.07) is 0.563. The van der Waals surface area contributed by atoms with Crippen molar-refractivity contribution in [2.45, 2.75) is 37.6 Å². The maximum absolute atomic E-state index is 11.0. The Kier molecular flexibility index (Phi) is 4.28. The fourth-order valence-corrected chi connectivity index (χ4v) is 4.00. The van der Waals surface area contributed by atoms with Gasteiger partial charge in [-0.2, -0.15) is 11.8 Å². The minimum atomic E-state index is -2.85. The molecule has 0 aromatic rings. The number of nitrogens with one attached hydrogen (secondary N) is 1. The molecule has 0 bridgehead atoms. The Morgan fingerprint density at radius 1 is 1.57 bits per heavy atom. The normalized spacial score (nSPS) is 30.5. The minimum Gasteiger partial charge on any atom is -0.310 e. The first-order valence-corrected chi connectivity index (χ1v) is 8.03. The fourth-order valence-electron chi connectivity index (χ4n) is 1.84. The van der Waals surface area contributed by atoms with Gasteiger partial charge in [0.2, 0.25) is 0 Å². The molecule has 0 aromatic heterocycles. The Morgan fingerprint density at radius 3 is 2.64 bits per heavy atom. The van der Waals surface area contributed by atoms with Crippen LogP contribution in [0.1, 0.15) is 20.3 Å². The van der Waals surface area contributed by atoms with Gasteiger partial charge in [0.15, 0.2) is 0 Å². The van der Waals surface area contributed by atoms with Gasteiger partial charge >= 0.3 is 0 Å². The van der Waals surface area contributed by atoms with E-state index in [2.05, 4.69) is 12.2 Å². The summed E-state index contributed by atoms with van der Waals surface area (Å²) in [7, 11) is -2.85. The van der Waals surface area contributed by atoms with E-state index in [9.17, 15) is 8.42 Å². The van der Waals surface area contributed by atoms with E-state index >= 15 is 0 Å². The lowest BCUT2D eigenvalue weighted by molar-refractivity contribution is 0.481. The monoisotopic (exact) mass is 237 g/mol. The Balaban J connectivity index is 2.31. The lowest BCUT2D eigenvalue weighted by Crippen LogP contribution is -2.40. The van der Waals surface area contributed by atoms with E-state index in [1.807, 2.05) is 18.7 Å². The van der Waals surface area contributed by atoms with Gasteiger partial charge in [0.1, 0.15) is 9.84 Å². The molecule has 14 heavy (non-hydrogen) atoms. The van der Waals surface area contributed by atoms with Gasteiger partial charge in [-0.1, -0.05) is 6.92 Å². The molecule has 0 radical (unpaired) electrons. The maximum Gasteiger partial charge on any atom is 0.148 e. The molecule has 3 atom stereocenters. The van der Waals surface area contributed by atoms with E-state index in [-0.39, 0.29) is 11.8 Å². The van der Waals surface area contributed by atoms with Crippen LogP contribution in [0.15, 0.2) is 0 Å². The van der Waals surface area contributed by atoms with Crippen molar-refractivity contribution in [3.05, 3.63) is 0 Å². The highest BCUT2D eigenvalue weighted by Gasteiger charge is 2.23. The van der Waals surface area contributed by atoms with E-state index in [0.29, 0.717) is 11.3 Å². The highest BCUT2D eigenvalue weighted by Crippen LogP contribution is 2.26. The predicted molar refractivity (Wildman–Crippen MR) is 62.6 cm³/mol. The third kappa shape index (κ3) is 4.66. The number of thioether (sulfide) groups is 1. The topological polar surface area (TPSA) is 46.2 Å². The van der Waals surface area contributed by atoms with Gasteiger partial charge in [-0.15, -0.1) is 0 Å². The quantitative estimate of drug-likeness (QED) is 0.789. The zero-order valence-corrected chi connectivity index (χ0v) is 10.6. The summed E-state index contributed by atoms with van der Waals surface area (Å²) in [5, 5.41) is 4.07. The Labute approximate surface area is 91.0 Å². The number of rotatable bonds is 4. The molecule has 0 aromatic carbocycles. The maximum atomic E-state index is 11.0. The highest BCUT2D eigenvalue weighted by molar-refractivity contribution is 8.00. The van der Waals surface area contributed by atoms with Crippen LogP contribution in [0.2, 0.25) is 0 Å². The smallest absolute Gasteiger partial charge is 0.148 e. The number of hydrogen-bond donors (Lipinski definition) is 1. The van der Waals surface area contributed by atoms with Crippen molar-refractivity contribution in [3.63, 3.8) is 0 Å². The summed E-state index contributed by atoms with van der Waals surface area (Å²) in [6.45, 7) is 4.16. The van der Waals surface area contributed by atoms with Gasteiger partial charge < -0.3 is 5.32 Å². The molecule has 1 rings (SSSR count). The van der Waals surface area contributed by atoms with Crippen molar-refractivity contribution in [3.8, 4) is 0 Å². The number of hydrogen-bond acceptors (Lipinski definition) is 4. The molecular weight excluding hydrogens is 218 g/mol. The molecule has 1 aliphatic rings. The molecule has 1 saturated heterocycles. The summed E-state index contributed by atoms with van der Waals surface area (Å²) >= 11 is 1.95. The molecule has 1 heterocycles. The fraction of sp³-hybridized carbons (Fsp3) is 1.00. The van der Waals surface area contributed by atoms with Gasteiger partial charge in [-0.3, -0.25) is 0 Å². The molecule has 3 nitrogen and oxygen atoms in total. The van der Waals surface area contributed by atoms with Gasteiger partial charge in [-0.05, 0) is 13.3 Å². The summed E-state index contributed by atoms with van der Waals surface area (Å²) in [5.74, 6) is 1.35. The zero-order valence-electron chi connectivity index (χ0n) is 8.99. The predicted octanol–water partition coefficient (Wildman–Crippen LogP) is 0.903. The van der Waals surface area contributed by atoms with Gasteiger partial charge in [0, 0.05) is 29.3 Å². The van der Waals surface area contributed by atoms with Crippen molar-refractivity contribution in [1.29, 1.82) is 0 Å². The Morgan fingerprint density at radius 2 is 2.21 bits per heavy atom. The summed E-state index contributed by atoms with van der Waals surface area (Å²) in [4.78, 5) is 0. The van der Waals surface area contributed by atoms with Crippen LogP contribution in [0.3, 0.4) is 0 Å². The Bertz CT molecular complexity index is 277. The SMILES string of the molecule is CC(CS(C)(=O)=O)NC1CSC(C)C1. The van der Waals surface area contributed by atoms with E-state index in [0.717, 1.165) is 12.2 Å². The molecule has 1 N–H and O–H groups in total. The Hall–Kier alpha value is 0.260. The first-order chi connectivity index (χ1) is 6.37. The van der Waals surface area contributed by atoms with Crippen molar-refractivity contribution in [2.24, 2.45) is 0 Å². The van der Waals surface area contributed by atoms with Crippen LogP contribution in [-0.2, 0) is 9.84 Å². The molecule has 0 spiro atoms. The van der Waals surface area contributed by atoms with Gasteiger partial charge in [0.05, 0.1) is 5.75 Å². The van der Waals surface area contributed by atoms with Crippen LogP contribution in [-0.4, -0.2) is 43.5 Å². The van der Waals surface area contributed by atoms with Crippen LogP contribution < -0.4 is 5.32 Å². The zero-order chi connectivity index (χ0) is 10.8. The van der Waals surface area contributed by atoms with Crippen molar-refractivity contribution in [1.82, 2.24) is 5.32 Å². The van der Waals surface area contributed by atoms with Crippen molar-refractivity contribution in [2.75, 3.05) is 17.8 Å². The summed E-state index contributed by atoms with van der Waals surface area (Å²) in [6.07, 6.45) is 2.44. The molecule has 1 fully saturated rings. The molecule has 0 amide bonds. The largest absolute Gasteiger partial charge is 0.310 e. The van der Waals surface area contributed by atoms with E-state index < -0.39 is 9.84 Å². The molecule has 3 unspecified atom stereocenters. The summed E-state index contributed by atoms with van der Waals surface area (Å²) < 4.78 is 22.1. The first-order valence-electron chi connectivity index (χ1n) is 4.92. The highest BCUT2D eigenvalue weighted by atomic mass is 32.2. The average Bonchev–Trinajstić information content (AvgIpc) is 2.30. The van der Waals surface area contributed by atoms with Crippen LogP contribution in [0.5, 0.6) is 0 Å². The standard InChI is InChI=1S/C9H19NO2S2/c1-7(6-14(3,11)12)10-9-4-8(2)13-5-9/h7-10H,4-6H2,1-3H3. The molecule has 5 heteroatoms. The third-order valence-corrected chi connectivity index (χ3v) is 4.73. The van der Waals surface area contributed by atoms with Crippen molar-refractivity contribution < 1.29 is 8.42 Å². The minimum absolute atomic E-state index is 0.0703. The lowest BCUT2D eigenvalue weighted by Gasteiger charge is -2.17. The lowest BCUT2D eigenvalue weighted by atomic mass is 10.2. The first kappa shape index (κ1) is 12.3. The van der Waals surface area contributed by atoms with Crippen LogP contribution in [0.25, 0.3) is 0 Å². The number of sulfone groups is 1. The molecule has 0 aliphatic carbocycles. The van der Waals surface area contributed by atoms with Crippen molar-refractivity contribution >= 4 is 21.6 Å². The van der Waals surface area contributed by atoms with Crippen LogP contribution in [0.4, 0.5) is 0 Å². The summed E-state index contributed by atoms with van der Waals surface area (Å²) in [5.41, 5.74) is 0. The molecular formula is C9H19NO2S2. The van der Waals surface area contributed by atoms with Gasteiger partial charge in [0.25, 0.3) is 0 Å². The molecule has 84 valence electrons. The second-order valence-corrected chi connectivity index (χ2v) is 7.89. The molecule has 1 aliphatic heterocycles. The average molecular weight is 237 g/mol. The van der Waals surface area contributed by atoms with E-state index in [4.69, 9.17) is 0 Å². The second kappa shape index (κ2) is 4.86. The van der Waals surface area contributed by atoms with Gasteiger partial charge in [-0.25, -0.2) is 8.42 Å². The van der Waals surface area contributed by atoms with E-state index in [1.165, 1.54) is 6.26 Å². The second-order valence-electron chi connectivity index (χ2n) is 4.24. The van der Waals surface area contributed by atoms with Crippen LogP contribution in [0, 0.1) is 0 Å². The third-order valence-electron chi connectivity index (χ3n) is 2.27. The molecule has 0 saturated carbocycles. The van der Waals surface area contributed by atoms with Crippen LogP contribution >= 0.6 is 11.8 Å².